The van der Waals surface area contributed by atoms with Gasteiger partial charge in [-0.05, 0) is 42.5 Å². The lowest BCUT2D eigenvalue weighted by Gasteiger charge is -2.15. The lowest BCUT2D eigenvalue weighted by molar-refractivity contribution is 0.415. The monoisotopic (exact) mass is 421 g/mol. The molecule has 148 valence electrons. The fraction of sp³-hybridized carbons (Fsp3) is 0.211. The highest BCUT2D eigenvalue weighted by molar-refractivity contribution is 7.89. The highest BCUT2D eigenvalue weighted by atomic mass is 35.5. The fourth-order valence-electron chi connectivity index (χ4n) is 2.51. The Morgan fingerprint density at radius 3 is 2.54 bits per heavy atom. The maximum absolute atomic E-state index is 12.4. The highest BCUT2D eigenvalue weighted by Gasteiger charge is 2.19. The van der Waals surface area contributed by atoms with Gasteiger partial charge in [-0.2, -0.15) is 0 Å². The molecule has 0 atom stereocenters. The number of nitrogens with one attached hydrogen (secondary N) is 1. The number of aromatic nitrogens is 1. The molecule has 0 radical (unpaired) electrons. The minimum absolute atomic E-state index is 0.162. The Morgan fingerprint density at radius 2 is 1.89 bits per heavy atom. The molecule has 9 heteroatoms. The van der Waals surface area contributed by atoms with Gasteiger partial charge in [0.1, 0.15) is 5.75 Å². The molecule has 1 heterocycles. The lowest BCUT2D eigenvalue weighted by atomic mass is 10.2. The second kappa shape index (κ2) is 8.22. The molecule has 0 saturated carbocycles. The highest BCUT2D eigenvalue weighted by Crippen LogP contribution is 2.29. The van der Waals surface area contributed by atoms with Crippen molar-refractivity contribution in [3.63, 3.8) is 0 Å². The second-order valence-corrected chi connectivity index (χ2v) is 8.72. The number of hydrogen-bond donors (Lipinski definition) is 1. The Hall–Kier alpha value is -2.55. The van der Waals surface area contributed by atoms with E-state index in [-0.39, 0.29) is 11.4 Å². The van der Waals surface area contributed by atoms with Crippen molar-refractivity contribution in [3.8, 4) is 17.1 Å². The number of anilines is 1. The van der Waals surface area contributed by atoms with Crippen molar-refractivity contribution in [3.05, 3.63) is 59.6 Å². The first-order valence-electron chi connectivity index (χ1n) is 8.36. The largest absolute Gasteiger partial charge is 0.495 e. The average Bonchev–Trinajstić information content (AvgIpc) is 3.15. The molecular formula is C19H20ClN3O4S. The third-order valence-corrected chi connectivity index (χ3v) is 6.12. The molecule has 7 nitrogen and oxygen atoms in total. The predicted octanol–water partition coefficient (Wildman–Crippen LogP) is 3.87. The minimum Gasteiger partial charge on any atom is -0.495 e. The summed E-state index contributed by atoms with van der Waals surface area (Å²) < 4.78 is 36.9. The van der Waals surface area contributed by atoms with Crippen LogP contribution in [0.15, 0.2) is 58.0 Å². The molecule has 0 unspecified atom stereocenters. The summed E-state index contributed by atoms with van der Waals surface area (Å²) in [6.45, 7) is 0.259. The first-order chi connectivity index (χ1) is 13.3. The van der Waals surface area contributed by atoms with Crippen LogP contribution in [-0.4, -0.2) is 38.9 Å². The molecule has 1 aromatic heterocycles. The van der Waals surface area contributed by atoms with E-state index < -0.39 is 10.0 Å². The number of oxazole rings is 1. The molecule has 0 aliphatic heterocycles. The van der Waals surface area contributed by atoms with Crippen LogP contribution in [0.1, 0.15) is 5.89 Å². The molecule has 3 rings (SSSR count). The van der Waals surface area contributed by atoms with Gasteiger partial charge >= 0.3 is 0 Å². The molecule has 3 aromatic rings. The van der Waals surface area contributed by atoms with E-state index in [1.807, 2.05) is 12.1 Å². The zero-order valence-corrected chi connectivity index (χ0v) is 17.2. The van der Waals surface area contributed by atoms with E-state index in [1.165, 1.54) is 33.3 Å². The number of methoxy groups -OCH3 is 1. The molecule has 0 amide bonds. The van der Waals surface area contributed by atoms with Crippen LogP contribution in [0.4, 0.5) is 5.69 Å². The van der Waals surface area contributed by atoms with E-state index in [0.717, 1.165) is 9.87 Å². The first kappa shape index (κ1) is 20.2. The molecule has 1 N–H and O–H groups in total. The van der Waals surface area contributed by atoms with Crippen LogP contribution >= 0.6 is 11.6 Å². The van der Waals surface area contributed by atoms with E-state index in [4.69, 9.17) is 20.8 Å². The first-order valence-corrected chi connectivity index (χ1v) is 10.2. The summed E-state index contributed by atoms with van der Waals surface area (Å²) in [5.74, 6) is 1.58. The van der Waals surface area contributed by atoms with E-state index in [2.05, 4.69) is 10.3 Å². The van der Waals surface area contributed by atoms with Gasteiger partial charge in [0.2, 0.25) is 15.9 Å². The van der Waals surface area contributed by atoms with Crippen molar-refractivity contribution in [1.82, 2.24) is 9.29 Å². The van der Waals surface area contributed by atoms with Crippen LogP contribution in [0, 0.1) is 0 Å². The van der Waals surface area contributed by atoms with Crippen molar-refractivity contribution < 1.29 is 17.6 Å². The summed E-state index contributed by atoms with van der Waals surface area (Å²) in [6, 6.07) is 11.9. The van der Waals surface area contributed by atoms with Gasteiger partial charge in [0.05, 0.1) is 30.4 Å². The van der Waals surface area contributed by atoms with Gasteiger partial charge in [0.15, 0.2) is 5.76 Å². The van der Waals surface area contributed by atoms with Crippen LogP contribution < -0.4 is 10.1 Å². The summed E-state index contributed by atoms with van der Waals surface area (Å²) in [4.78, 5) is 4.42. The molecule has 0 saturated heterocycles. The number of benzene rings is 2. The number of halogens is 1. The third-order valence-electron chi connectivity index (χ3n) is 4.06. The van der Waals surface area contributed by atoms with Crippen molar-refractivity contribution in [1.29, 1.82) is 0 Å². The average molecular weight is 422 g/mol. The Bertz CT molecular complexity index is 1060. The number of rotatable bonds is 7. The van der Waals surface area contributed by atoms with Gasteiger partial charge in [-0.1, -0.05) is 11.6 Å². The molecular weight excluding hydrogens is 402 g/mol. The Morgan fingerprint density at radius 1 is 1.18 bits per heavy atom. The Balaban J connectivity index is 1.80. The van der Waals surface area contributed by atoms with Gasteiger partial charge in [-0.15, -0.1) is 0 Å². The maximum Gasteiger partial charge on any atom is 0.242 e. The normalized spacial score (nSPS) is 11.6. The lowest BCUT2D eigenvalue weighted by Crippen LogP contribution is -2.22. The summed E-state index contributed by atoms with van der Waals surface area (Å²) in [5.41, 5.74) is 1.39. The van der Waals surface area contributed by atoms with Gasteiger partial charge in [-0.25, -0.2) is 17.7 Å². The van der Waals surface area contributed by atoms with E-state index in [0.29, 0.717) is 28.1 Å². The summed E-state index contributed by atoms with van der Waals surface area (Å²) in [6.07, 6.45) is 1.63. The molecule has 0 bridgehead atoms. The molecule has 0 spiro atoms. The van der Waals surface area contributed by atoms with Crippen molar-refractivity contribution in [2.24, 2.45) is 0 Å². The molecule has 0 aliphatic carbocycles. The second-order valence-electron chi connectivity index (χ2n) is 6.13. The van der Waals surface area contributed by atoms with Gasteiger partial charge in [0, 0.05) is 24.7 Å². The van der Waals surface area contributed by atoms with Crippen molar-refractivity contribution >= 4 is 27.3 Å². The van der Waals surface area contributed by atoms with Crippen molar-refractivity contribution in [2.45, 2.75) is 11.4 Å². The van der Waals surface area contributed by atoms with Gasteiger partial charge in [0.25, 0.3) is 0 Å². The third kappa shape index (κ3) is 4.30. The standard InChI is InChI=1S/C19H20ClN3O4S/c1-23(2)28(24,25)15-8-9-17(26-3)16(10-15)21-12-19-22-11-18(27-19)13-4-6-14(20)7-5-13/h4-11,21H,12H2,1-3H3. The molecule has 28 heavy (non-hydrogen) atoms. The van der Waals surface area contributed by atoms with E-state index in [1.54, 1.807) is 24.4 Å². The Labute approximate surface area is 169 Å². The van der Waals surface area contributed by atoms with Crippen LogP contribution in [-0.2, 0) is 16.6 Å². The summed E-state index contributed by atoms with van der Waals surface area (Å²) in [5, 5.41) is 3.76. The van der Waals surface area contributed by atoms with Crippen molar-refractivity contribution in [2.75, 3.05) is 26.5 Å². The molecule has 0 fully saturated rings. The van der Waals surface area contributed by atoms with Crippen LogP contribution in [0.2, 0.25) is 5.02 Å². The summed E-state index contributed by atoms with van der Waals surface area (Å²) >= 11 is 5.90. The summed E-state index contributed by atoms with van der Waals surface area (Å²) in [7, 11) is 0.931. The smallest absolute Gasteiger partial charge is 0.242 e. The quantitative estimate of drug-likeness (QED) is 0.623. The number of sulfonamides is 1. The van der Waals surface area contributed by atoms with Crippen LogP contribution in [0.25, 0.3) is 11.3 Å². The van der Waals surface area contributed by atoms with Crippen LogP contribution in [0.3, 0.4) is 0 Å². The predicted molar refractivity (Wildman–Crippen MR) is 108 cm³/mol. The number of ether oxygens (including phenoxy) is 1. The van der Waals surface area contributed by atoms with E-state index >= 15 is 0 Å². The van der Waals surface area contributed by atoms with Gasteiger partial charge < -0.3 is 14.5 Å². The number of hydrogen-bond acceptors (Lipinski definition) is 6. The number of nitrogens with zero attached hydrogens (tertiary/aromatic N) is 2. The molecule has 2 aromatic carbocycles. The topological polar surface area (TPSA) is 84.7 Å². The minimum atomic E-state index is -3.55. The Kier molecular flexibility index (Phi) is 5.93. The van der Waals surface area contributed by atoms with E-state index in [9.17, 15) is 8.42 Å². The zero-order valence-electron chi connectivity index (χ0n) is 15.6. The fourth-order valence-corrected chi connectivity index (χ4v) is 3.56. The SMILES string of the molecule is COc1ccc(S(=O)(=O)N(C)C)cc1NCc1ncc(-c2ccc(Cl)cc2)o1. The maximum atomic E-state index is 12.4. The van der Waals surface area contributed by atoms with Crippen LogP contribution in [0.5, 0.6) is 5.75 Å². The molecule has 0 aliphatic rings. The van der Waals surface area contributed by atoms with Gasteiger partial charge in [-0.3, -0.25) is 0 Å². The zero-order chi connectivity index (χ0) is 20.3.